The second kappa shape index (κ2) is 4.70. The van der Waals surface area contributed by atoms with Gasteiger partial charge >= 0.3 is 6.09 Å². The highest BCUT2D eigenvalue weighted by atomic mass is 16.6. The van der Waals surface area contributed by atoms with Gasteiger partial charge in [0.1, 0.15) is 5.60 Å². The molecule has 5 nitrogen and oxygen atoms in total. The summed E-state index contributed by atoms with van der Waals surface area (Å²) in [6.45, 7) is 8.46. The average Bonchev–Trinajstić information content (AvgIpc) is 2.59. The number of hydrogen-bond acceptors (Lipinski definition) is 4. The maximum Gasteiger partial charge on any atom is 0.410 e. The van der Waals surface area contributed by atoms with Crippen LogP contribution in [0.4, 0.5) is 4.79 Å². The zero-order valence-corrected chi connectivity index (χ0v) is 11.6. The Morgan fingerprint density at radius 2 is 2.00 bits per heavy atom. The van der Waals surface area contributed by atoms with Crippen molar-refractivity contribution in [2.75, 3.05) is 26.3 Å². The molecular weight excluding hydrogens is 232 g/mol. The minimum Gasteiger partial charge on any atom is -0.444 e. The molecule has 2 heterocycles. The molecule has 1 atom stereocenters. The van der Waals surface area contributed by atoms with Gasteiger partial charge in [0.2, 0.25) is 0 Å². The van der Waals surface area contributed by atoms with Crippen LogP contribution in [0.3, 0.4) is 0 Å². The summed E-state index contributed by atoms with van der Waals surface area (Å²) in [5.74, 6) is 0. The molecule has 2 rings (SSSR count). The van der Waals surface area contributed by atoms with Crippen molar-refractivity contribution in [2.45, 2.75) is 45.3 Å². The first-order valence-corrected chi connectivity index (χ1v) is 6.64. The molecule has 1 spiro atoms. The molecule has 0 aliphatic carbocycles. The summed E-state index contributed by atoms with van der Waals surface area (Å²) in [7, 11) is 0. The molecule has 0 aromatic heterocycles. The number of nitrogens with zero attached hydrogens (tertiary/aromatic N) is 1. The van der Waals surface area contributed by atoms with E-state index in [0.717, 1.165) is 19.4 Å². The molecule has 104 valence electrons. The average molecular weight is 256 g/mol. The highest BCUT2D eigenvalue weighted by Gasteiger charge is 2.45. The molecule has 0 saturated carbocycles. The van der Waals surface area contributed by atoms with E-state index in [4.69, 9.17) is 15.2 Å². The first kappa shape index (κ1) is 13.6. The fourth-order valence-electron chi connectivity index (χ4n) is 2.65. The van der Waals surface area contributed by atoms with Crippen LogP contribution >= 0.6 is 0 Å². The number of likely N-dealkylation sites (tertiary alicyclic amines) is 1. The molecular formula is C13H24N2O3. The topological polar surface area (TPSA) is 64.8 Å². The van der Waals surface area contributed by atoms with E-state index in [9.17, 15) is 4.79 Å². The monoisotopic (exact) mass is 256 g/mol. The van der Waals surface area contributed by atoms with Crippen LogP contribution < -0.4 is 5.73 Å². The zero-order valence-electron chi connectivity index (χ0n) is 11.6. The van der Waals surface area contributed by atoms with Gasteiger partial charge in [-0.3, -0.25) is 0 Å². The van der Waals surface area contributed by atoms with Gasteiger partial charge in [0.05, 0.1) is 13.2 Å². The van der Waals surface area contributed by atoms with E-state index in [2.05, 4.69) is 0 Å². The fourth-order valence-corrected chi connectivity index (χ4v) is 2.65. The Morgan fingerprint density at radius 1 is 1.39 bits per heavy atom. The predicted molar refractivity (Wildman–Crippen MR) is 68.3 cm³/mol. The molecule has 2 aliphatic heterocycles. The van der Waals surface area contributed by atoms with Crippen LogP contribution in [-0.2, 0) is 9.47 Å². The van der Waals surface area contributed by atoms with Gasteiger partial charge in [-0.05, 0) is 33.6 Å². The van der Waals surface area contributed by atoms with E-state index in [-0.39, 0.29) is 17.6 Å². The molecule has 0 radical (unpaired) electrons. The van der Waals surface area contributed by atoms with Crippen molar-refractivity contribution >= 4 is 6.09 Å². The molecule has 0 aromatic carbocycles. The Morgan fingerprint density at radius 3 is 2.44 bits per heavy atom. The third-order valence-corrected chi connectivity index (χ3v) is 3.88. The van der Waals surface area contributed by atoms with Gasteiger partial charge in [-0.1, -0.05) is 0 Å². The van der Waals surface area contributed by atoms with Gasteiger partial charge in [0, 0.05) is 24.5 Å². The lowest BCUT2D eigenvalue weighted by Crippen LogP contribution is -2.51. The second-order valence-electron chi connectivity index (χ2n) is 6.45. The highest BCUT2D eigenvalue weighted by molar-refractivity contribution is 5.68. The lowest BCUT2D eigenvalue weighted by molar-refractivity contribution is 0.00711. The minimum absolute atomic E-state index is 0.0819. The third-order valence-electron chi connectivity index (χ3n) is 3.88. The summed E-state index contributed by atoms with van der Waals surface area (Å²) in [4.78, 5) is 13.7. The first-order valence-electron chi connectivity index (χ1n) is 6.64. The molecule has 2 fully saturated rings. The number of rotatable bonds is 0. The molecule has 2 aliphatic rings. The number of nitrogens with two attached hydrogens (primary N) is 1. The maximum atomic E-state index is 11.9. The van der Waals surface area contributed by atoms with Crippen LogP contribution in [0.15, 0.2) is 0 Å². The predicted octanol–water partition coefficient (Wildman–Crippen LogP) is 1.36. The number of amides is 1. The van der Waals surface area contributed by atoms with Crippen LogP contribution in [0.1, 0.15) is 33.6 Å². The number of carbonyl (C=O) groups excluding carboxylic acids is 1. The van der Waals surface area contributed by atoms with Crippen LogP contribution in [-0.4, -0.2) is 48.9 Å². The molecule has 2 N–H and O–H groups in total. The lowest BCUT2D eigenvalue weighted by atomic mass is 9.75. The summed E-state index contributed by atoms with van der Waals surface area (Å²) in [6.07, 6.45) is 1.60. The fraction of sp³-hybridized carbons (Fsp3) is 0.923. The lowest BCUT2D eigenvalue weighted by Gasteiger charge is -2.40. The van der Waals surface area contributed by atoms with Gasteiger partial charge in [-0.25, -0.2) is 4.79 Å². The van der Waals surface area contributed by atoms with Gasteiger partial charge in [0.15, 0.2) is 0 Å². The van der Waals surface area contributed by atoms with E-state index in [1.165, 1.54) is 0 Å². The smallest absolute Gasteiger partial charge is 0.410 e. The Bertz CT molecular complexity index is 317. The third kappa shape index (κ3) is 2.78. The van der Waals surface area contributed by atoms with E-state index < -0.39 is 5.60 Å². The normalized spacial score (nSPS) is 27.6. The number of ether oxygens (including phenoxy) is 2. The van der Waals surface area contributed by atoms with Crippen molar-refractivity contribution in [1.29, 1.82) is 0 Å². The number of hydrogen-bond donors (Lipinski definition) is 1. The van der Waals surface area contributed by atoms with Gasteiger partial charge in [0.25, 0.3) is 0 Å². The Kier molecular flexibility index (Phi) is 3.56. The zero-order chi connectivity index (χ0) is 13.4. The standard InChI is InChI=1S/C13H24N2O3/c1-12(2,3)18-11(16)15-6-4-13(5-7-15)9-17-8-10(13)14/h10H,4-9,14H2,1-3H3. The van der Waals surface area contributed by atoms with Crippen molar-refractivity contribution in [2.24, 2.45) is 11.1 Å². The maximum absolute atomic E-state index is 11.9. The molecule has 0 bridgehead atoms. The molecule has 5 heteroatoms. The van der Waals surface area contributed by atoms with E-state index >= 15 is 0 Å². The SMILES string of the molecule is CC(C)(C)OC(=O)N1CCC2(CC1)COCC2N. The van der Waals surface area contributed by atoms with E-state index in [1.54, 1.807) is 4.90 Å². The summed E-state index contributed by atoms with van der Waals surface area (Å²) >= 11 is 0. The quantitative estimate of drug-likeness (QED) is 0.711. The van der Waals surface area contributed by atoms with Crippen LogP contribution in [0, 0.1) is 5.41 Å². The molecule has 18 heavy (non-hydrogen) atoms. The van der Waals surface area contributed by atoms with Gasteiger partial charge in [-0.2, -0.15) is 0 Å². The summed E-state index contributed by atoms with van der Waals surface area (Å²) in [5.41, 5.74) is 5.76. The highest BCUT2D eigenvalue weighted by Crippen LogP contribution is 2.38. The largest absolute Gasteiger partial charge is 0.444 e. The molecule has 1 unspecified atom stereocenters. The van der Waals surface area contributed by atoms with Crippen LogP contribution in [0.25, 0.3) is 0 Å². The number of piperidine rings is 1. The second-order valence-corrected chi connectivity index (χ2v) is 6.45. The Hall–Kier alpha value is -0.810. The van der Waals surface area contributed by atoms with E-state index in [0.29, 0.717) is 19.7 Å². The molecule has 1 amide bonds. The van der Waals surface area contributed by atoms with E-state index in [1.807, 2.05) is 20.8 Å². The van der Waals surface area contributed by atoms with Crippen molar-refractivity contribution in [3.05, 3.63) is 0 Å². The molecule has 0 aromatic rings. The Balaban J connectivity index is 1.89. The van der Waals surface area contributed by atoms with Crippen molar-refractivity contribution in [1.82, 2.24) is 4.90 Å². The van der Waals surface area contributed by atoms with Crippen molar-refractivity contribution in [3.8, 4) is 0 Å². The van der Waals surface area contributed by atoms with Gasteiger partial charge in [-0.15, -0.1) is 0 Å². The van der Waals surface area contributed by atoms with Crippen LogP contribution in [0.2, 0.25) is 0 Å². The minimum atomic E-state index is -0.431. The molecule has 2 saturated heterocycles. The van der Waals surface area contributed by atoms with Gasteiger partial charge < -0.3 is 20.1 Å². The van der Waals surface area contributed by atoms with Crippen molar-refractivity contribution < 1.29 is 14.3 Å². The summed E-state index contributed by atoms with van der Waals surface area (Å²) in [6, 6.07) is 0.110. The van der Waals surface area contributed by atoms with Crippen LogP contribution in [0.5, 0.6) is 0 Å². The Labute approximate surface area is 109 Å². The number of carbonyl (C=O) groups is 1. The summed E-state index contributed by atoms with van der Waals surface area (Å²) in [5, 5.41) is 0. The van der Waals surface area contributed by atoms with Crippen molar-refractivity contribution in [3.63, 3.8) is 0 Å². The first-order chi connectivity index (χ1) is 8.32. The summed E-state index contributed by atoms with van der Waals surface area (Å²) < 4.78 is 10.8.